The van der Waals surface area contributed by atoms with Gasteiger partial charge in [0.2, 0.25) is 0 Å². The normalized spacial score (nSPS) is 14.5. The number of nitrogens with one attached hydrogen (secondary N) is 1. The summed E-state index contributed by atoms with van der Waals surface area (Å²) in [6, 6.07) is 9.77. The number of piperazine rings is 1. The zero-order chi connectivity index (χ0) is 20.8. The molecule has 3 rings (SSSR count). The van der Waals surface area contributed by atoms with E-state index in [1.54, 1.807) is 12.1 Å². The number of carbonyl (C=O) groups is 2. The van der Waals surface area contributed by atoms with Crippen LogP contribution in [-0.4, -0.2) is 56.1 Å². The zero-order valence-corrected chi connectivity index (χ0v) is 16.2. The van der Waals surface area contributed by atoms with Gasteiger partial charge in [0.25, 0.3) is 5.91 Å². The van der Waals surface area contributed by atoms with Gasteiger partial charge in [-0.3, -0.25) is 4.79 Å². The van der Waals surface area contributed by atoms with Crippen molar-refractivity contribution in [3.8, 4) is 0 Å². The number of anilines is 2. The highest BCUT2D eigenvalue weighted by molar-refractivity contribution is 5.95. The zero-order valence-electron chi connectivity index (χ0n) is 16.2. The SMILES string of the molecule is CCN1CCN(c2ccc(NC(=O)COC(=O)c3cc(F)cc(F)c3)cc2)CC1. The first-order valence-electron chi connectivity index (χ1n) is 9.45. The Hall–Kier alpha value is -3.00. The third-order valence-corrected chi connectivity index (χ3v) is 4.77. The second kappa shape index (κ2) is 9.47. The van der Waals surface area contributed by atoms with Crippen LogP contribution in [0.4, 0.5) is 20.2 Å². The largest absolute Gasteiger partial charge is 0.452 e. The smallest absolute Gasteiger partial charge is 0.338 e. The second-order valence-electron chi connectivity index (χ2n) is 6.75. The topological polar surface area (TPSA) is 61.9 Å². The lowest BCUT2D eigenvalue weighted by atomic mass is 10.2. The molecule has 0 bridgehead atoms. The maximum absolute atomic E-state index is 13.1. The number of ether oxygens (including phenoxy) is 1. The van der Waals surface area contributed by atoms with E-state index in [2.05, 4.69) is 22.0 Å². The van der Waals surface area contributed by atoms with E-state index in [4.69, 9.17) is 4.74 Å². The van der Waals surface area contributed by atoms with Crippen LogP contribution in [0.1, 0.15) is 17.3 Å². The summed E-state index contributed by atoms with van der Waals surface area (Å²) in [4.78, 5) is 28.5. The molecule has 1 aliphatic rings. The van der Waals surface area contributed by atoms with Crippen molar-refractivity contribution in [2.24, 2.45) is 0 Å². The molecule has 6 nitrogen and oxygen atoms in total. The minimum Gasteiger partial charge on any atom is -0.452 e. The van der Waals surface area contributed by atoms with Gasteiger partial charge in [0.1, 0.15) is 11.6 Å². The molecule has 1 amide bonds. The molecule has 2 aromatic rings. The Balaban J connectivity index is 1.48. The molecule has 0 aromatic heterocycles. The monoisotopic (exact) mass is 403 g/mol. The summed E-state index contributed by atoms with van der Waals surface area (Å²) in [7, 11) is 0. The summed E-state index contributed by atoms with van der Waals surface area (Å²) in [5.41, 5.74) is 1.36. The molecule has 0 unspecified atom stereocenters. The molecule has 0 saturated carbocycles. The summed E-state index contributed by atoms with van der Waals surface area (Å²) in [6.45, 7) is 6.60. The molecule has 0 radical (unpaired) electrons. The van der Waals surface area contributed by atoms with Crippen molar-refractivity contribution in [3.05, 3.63) is 59.7 Å². The average Bonchev–Trinajstić information content (AvgIpc) is 2.72. The number of rotatable bonds is 6. The molecule has 1 aliphatic heterocycles. The Morgan fingerprint density at radius 1 is 1.00 bits per heavy atom. The van der Waals surface area contributed by atoms with Crippen LogP contribution in [0.2, 0.25) is 0 Å². The Labute approximate surface area is 168 Å². The second-order valence-corrected chi connectivity index (χ2v) is 6.75. The van der Waals surface area contributed by atoms with Crippen molar-refractivity contribution in [2.45, 2.75) is 6.92 Å². The van der Waals surface area contributed by atoms with Crippen molar-refractivity contribution in [2.75, 3.05) is 49.5 Å². The van der Waals surface area contributed by atoms with Gasteiger partial charge >= 0.3 is 5.97 Å². The molecule has 29 heavy (non-hydrogen) atoms. The van der Waals surface area contributed by atoms with Crippen LogP contribution in [0.3, 0.4) is 0 Å². The van der Waals surface area contributed by atoms with E-state index in [1.807, 2.05) is 12.1 Å². The average molecular weight is 403 g/mol. The number of hydrogen-bond acceptors (Lipinski definition) is 5. The first-order valence-corrected chi connectivity index (χ1v) is 9.45. The number of esters is 1. The summed E-state index contributed by atoms with van der Waals surface area (Å²) in [5.74, 6) is -3.30. The van der Waals surface area contributed by atoms with Crippen LogP contribution in [-0.2, 0) is 9.53 Å². The lowest BCUT2D eigenvalue weighted by Crippen LogP contribution is -2.46. The van der Waals surface area contributed by atoms with Crippen LogP contribution in [0.5, 0.6) is 0 Å². The van der Waals surface area contributed by atoms with Crippen molar-refractivity contribution in [3.63, 3.8) is 0 Å². The van der Waals surface area contributed by atoms with Crippen molar-refractivity contribution in [1.29, 1.82) is 0 Å². The standard InChI is InChI=1S/C21H23F2N3O3/c1-2-25-7-9-26(10-8-25)19-5-3-18(4-6-19)24-20(27)14-29-21(28)15-11-16(22)13-17(23)12-15/h3-6,11-13H,2,7-10,14H2,1H3,(H,24,27). The van der Waals surface area contributed by atoms with Gasteiger partial charge in [-0.25, -0.2) is 13.6 Å². The molecule has 1 saturated heterocycles. The van der Waals surface area contributed by atoms with E-state index in [9.17, 15) is 18.4 Å². The van der Waals surface area contributed by atoms with Gasteiger partial charge in [-0.15, -0.1) is 0 Å². The van der Waals surface area contributed by atoms with Gasteiger partial charge in [0.15, 0.2) is 6.61 Å². The number of amides is 1. The van der Waals surface area contributed by atoms with Crippen molar-refractivity contribution >= 4 is 23.3 Å². The molecule has 0 atom stereocenters. The van der Waals surface area contributed by atoms with E-state index in [1.165, 1.54) is 0 Å². The van der Waals surface area contributed by atoms with Crippen LogP contribution in [0, 0.1) is 11.6 Å². The van der Waals surface area contributed by atoms with Crippen LogP contribution in [0.25, 0.3) is 0 Å². The lowest BCUT2D eigenvalue weighted by molar-refractivity contribution is -0.119. The molecule has 154 valence electrons. The number of halogens is 2. The minimum absolute atomic E-state index is 0.289. The van der Waals surface area contributed by atoms with Crippen LogP contribution < -0.4 is 10.2 Å². The third kappa shape index (κ3) is 5.74. The highest BCUT2D eigenvalue weighted by Crippen LogP contribution is 2.19. The van der Waals surface area contributed by atoms with E-state index in [0.29, 0.717) is 11.8 Å². The van der Waals surface area contributed by atoms with E-state index >= 15 is 0 Å². The van der Waals surface area contributed by atoms with Gasteiger partial charge in [0, 0.05) is 43.6 Å². The minimum atomic E-state index is -0.972. The number of likely N-dealkylation sites (N-methyl/N-ethyl adjacent to an activating group) is 1. The Kier molecular flexibility index (Phi) is 6.77. The summed E-state index contributed by atoms with van der Waals surface area (Å²) >= 11 is 0. The van der Waals surface area contributed by atoms with Crippen molar-refractivity contribution in [1.82, 2.24) is 4.90 Å². The van der Waals surface area contributed by atoms with Crippen LogP contribution in [0.15, 0.2) is 42.5 Å². The fourth-order valence-electron chi connectivity index (χ4n) is 3.16. The van der Waals surface area contributed by atoms with E-state index in [0.717, 1.165) is 50.5 Å². The van der Waals surface area contributed by atoms with Gasteiger partial charge in [-0.2, -0.15) is 0 Å². The fraction of sp³-hybridized carbons (Fsp3) is 0.333. The van der Waals surface area contributed by atoms with Crippen LogP contribution >= 0.6 is 0 Å². The Morgan fingerprint density at radius 3 is 2.21 bits per heavy atom. The van der Waals surface area contributed by atoms with Crippen molar-refractivity contribution < 1.29 is 23.1 Å². The molecular formula is C21H23F2N3O3. The predicted octanol–water partition coefficient (Wildman–Crippen LogP) is 2.90. The molecule has 8 heteroatoms. The predicted molar refractivity (Wildman–Crippen MR) is 106 cm³/mol. The fourth-order valence-corrected chi connectivity index (χ4v) is 3.16. The number of benzene rings is 2. The molecular weight excluding hydrogens is 380 g/mol. The molecule has 1 heterocycles. The van der Waals surface area contributed by atoms with Gasteiger partial charge < -0.3 is 19.9 Å². The lowest BCUT2D eigenvalue weighted by Gasteiger charge is -2.35. The third-order valence-electron chi connectivity index (χ3n) is 4.77. The molecule has 0 aliphatic carbocycles. The first kappa shape index (κ1) is 20.7. The van der Waals surface area contributed by atoms with Gasteiger partial charge in [-0.05, 0) is 42.9 Å². The highest BCUT2D eigenvalue weighted by atomic mass is 19.1. The quantitative estimate of drug-likeness (QED) is 0.752. The summed E-state index contributed by atoms with van der Waals surface area (Å²) in [6.07, 6.45) is 0. The number of carbonyl (C=O) groups excluding carboxylic acids is 2. The maximum atomic E-state index is 13.1. The highest BCUT2D eigenvalue weighted by Gasteiger charge is 2.16. The van der Waals surface area contributed by atoms with Gasteiger partial charge in [0.05, 0.1) is 5.56 Å². The molecule has 1 fully saturated rings. The number of nitrogens with zero attached hydrogens (tertiary/aromatic N) is 2. The summed E-state index contributed by atoms with van der Waals surface area (Å²) < 4.78 is 31.1. The van der Waals surface area contributed by atoms with E-state index < -0.39 is 30.1 Å². The van der Waals surface area contributed by atoms with Gasteiger partial charge in [-0.1, -0.05) is 6.92 Å². The molecule has 1 N–H and O–H groups in total. The maximum Gasteiger partial charge on any atom is 0.338 e. The Bertz CT molecular complexity index is 846. The molecule has 2 aromatic carbocycles. The Morgan fingerprint density at radius 2 is 1.62 bits per heavy atom. The summed E-state index contributed by atoms with van der Waals surface area (Å²) in [5, 5.41) is 2.63. The first-order chi connectivity index (χ1) is 13.9. The molecule has 0 spiro atoms. The number of hydrogen-bond donors (Lipinski definition) is 1. The van der Waals surface area contributed by atoms with E-state index in [-0.39, 0.29) is 5.56 Å².